The molecule has 0 spiro atoms. The second-order valence-electron chi connectivity index (χ2n) is 5.23. The van der Waals surface area contributed by atoms with Crippen LogP contribution in [0.4, 0.5) is 0 Å². The maximum absolute atomic E-state index is 5.97. The van der Waals surface area contributed by atoms with Crippen molar-refractivity contribution in [2.45, 2.75) is 32.7 Å². The first-order valence-electron chi connectivity index (χ1n) is 7.46. The second kappa shape index (κ2) is 7.07. The molecule has 0 radical (unpaired) electrons. The summed E-state index contributed by atoms with van der Waals surface area (Å²) in [5.74, 6) is 0. The topological polar surface area (TPSA) is 30.7 Å². The Morgan fingerprint density at radius 1 is 1.23 bits per heavy atom. The summed E-state index contributed by atoms with van der Waals surface area (Å²) in [7, 11) is 0. The van der Waals surface area contributed by atoms with Crippen LogP contribution in [0.3, 0.4) is 0 Å². The summed E-state index contributed by atoms with van der Waals surface area (Å²) < 4.78 is 2.07. The zero-order chi connectivity index (χ0) is 15.4. The van der Waals surface area contributed by atoms with Crippen LogP contribution < -0.4 is 0 Å². The summed E-state index contributed by atoms with van der Waals surface area (Å²) >= 11 is 7.76. The highest BCUT2D eigenvalue weighted by Gasteiger charge is 2.12. The van der Waals surface area contributed by atoms with Crippen molar-refractivity contribution in [1.29, 1.82) is 0 Å². The van der Waals surface area contributed by atoms with Crippen LogP contribution in [-0.4, -0.2) is 14.5 Å². The lowest BCUT2D eigenvalue weighted by atomic mass is 10.2. The normalized spacial score (nSPS) is 11.0. The van der Waals surface area contributed by atoms with Gasteiger partial charge in [0.2, 0.25) is 0 Å². The number of benzene rings is 1. The van der Waals surface area contributed by atoms with Crippen molar-refractivity contribution in [3.63, 3.8) is 0 Å². The number of halogens is 1. The van der Waals surface area contributed by atoms with Crippen molar-refractivity contribution in [2.24, 2.45) is 0 Å². The molecule has 0 aliphatic rings. The minimum Gasteiger partial charge on any atom is -0.331 e. The quantitative estimate of drug-likeness (QED) is 0.632. The number of unbranched alkanes of at least 4 members (excludes halogenated alkanes) is 1. The SMILES string of the molecule is CCCCc1sc(-c2ccc(Cl)cc2)nc1Cn1ccnc1. The average molecular weight is 332 g/mol. The summed E-state index contributed by atoms with van der Waals surface area (Å²) in [6.07, 6.45) is 9.09. The predicted octanol–water partition coefficient (Wildman–Crippen LogP) is 5.05. The van der Waals surface area contributed by atoms with Crippen molar-refractivity contribution in [3.05, 3.63) is 58.6 Å². The zero-order valence-electron chi connectivity index (χ0n) is 12.5. The molecule has 3 nitrogen and oxygen atoms in total. The highest BCUT2D eigenvalue weighted by molar-refractivity contribution is 7.15. The highest BCUT2D eigenvalue weighted by Crippen LogP contribution is 2.30. The molecule has 0 amide bonds. The van der Waals surface area contributed by atoms with Crippen molar-refractivity contribution in [2.75, 3.05) is 0 Å². The molecule has 0 fully saturated rings. The van der Waals surface area contributed by atoms with Gasteiger partial charge in [0.05, 0.1) is 18.6 Å². The Bertz CT molecular complexity index is 717. The Balaban J connectivity index is 1.91. The Morgan fingerprint density at radius 3 is 2.73 bits per heavy atom. The number of hydrogen-bond acceptors (Lipinski definition) is 3. The van der Waals surface area contributed by atoms with Gasteiger partial charge >= 0.3 is 0 Å². The lowest BCUT2D eigenvalue weighted by molar-refractivity contribution is 0.748. The minimum atomic E-state index is 0.755. The molecule has 0 saturated heterocycles. The van der Waals surface area contributed by atoms with Crippen LogP contribution >= 0.6 is 22.9 Å². The molecule has 0 aliphatic heterocycles. The van der Waals surface area contributed by atoms with Crippen LogP contribution in [0.25, 0.3) is 10.6 Å². The number of nitrogens with zero attached hydrogens (tertiary/aromatic N) is 3. The number of thiazole rings is 1. The molecule has 0 N–H and O–H groups in total. The van der Waals surface area contributed by atoms with Gasteiger partial charge in [0.15, 0.2) is 0 Å². The van der Waals surface area contributed by atoms with E-state index in [2.05, 4.69) is 16.5 Å². The molecule has 2 heterocycles. The lowest BCUT2D eigenvalue weighted by Gasteiger charge is -2.02. The van der Waals surface area contributed by atoms with Crippen LogP contribution in [0.15, 0.2) is 43.0 Å². The second-order valence-corrected chi connectivity index (χ2v) is 6.75. The van der Waals surface area contributed by atoms with Gasteiger partial charge < -0.3 is 4.57 Å². The van der Waals surface area contributed by atoms with Crippen LogP contribution in [0.5, 0.6) is 0 Å². The molecule has 3 rings (SSSR count). The van der Waals surface area contributed by atoms with Gasteiger partial charge in [0, 0.05) is 27.9 Å². The number of hydrogen-bond donors (Lipinski definition) is 0. The van der Waals surface area contributed by atoms with E-state index in [1.807, 2.05) is 36.8 Å². The van der Waals surface area contributed by atoms with E-state index in [9.17, 15) is 0 Å². The van der Waals surface area contributed by atoms with Crippen molar-refractivity contribution < 1.29 is 0 Å². The zero-order valence-corrected chi connectivity index (χ0v) is 14.1. The van der Waals surface area contributed by atoms with Crippen LogP contribution in [0.2, 0.25) is 5.02 Å². The van der Waals surface area contributed by atoms with Gasteiger partial charge in [0.1, 0.15) is 5.01 Å². The molecule has 2 aromatic heterocycles. The summed E-state index contributed by atoms with van der Waals surface area (Å²) in [4.78, 5) is 10.3. The van der Waals surface area contributed by atoms with Gasteiger partial charge in [0.25, 0.3) is 0 Å². The van der Waals surface area contributed by atoms with E-state index in [0.717, 1.165) is 34.3 Å². The van der Waals surface area contributed by atoms with Gasteiger partial charge in [-0.3, -0.25) is 0 Å². The van der Waals surface area contributed by atoms with Crippen molar-refractivity contribution in [3.8, 4) is 10.6 Å². The molecule has 0 atom stereocenters. The molecular weight excluding hydrogens is 314 g/mol. The third-order valence-electron chi connectivity index (χ3n) is 3.52. The van der Waals surface area contributed by atoms with E-state index in [0.29, 0.717) is 0 Å². The fraction of sp³-hybridized carbons (Fsp3) is 0.294. The van der Waals surface area contributed by atoms with E-state index < -0.39 is 0 Å². The number of aryl methyl sites for hydroxylation is 1. The van der Waals surface area contributed by atoms with Crippen molar-refractivity contribution in [1.82, 2.24) is 14.5 Å². The predicted molar refractivity (Wildman–Crippen MR) is 92.5 cm³/mol. The Morgan fingerprint density at radius 2 is 2.05 bits per heavy atom. The largest absolute Gasteiger partial charge is 0.331 e. The van der Waals surface area contributed by atoms with Gasteiger partial charge in [-0.1, -0.05) is 37.1 Å². The summed E-state index contributed by atoms with van der Waals surface area (Å²) in [5, 5.41) is 1.82. The van der Waals surface area contributed by atoms with Crippen LogP contribution in [0.1, 0.15) is 30.3 Å². The van der Waals surface area contributed by atoms with Crippen molar-refractivity contribution >= 4 is 22.9 Å². The molecule has 0 saturated carbocycles. The van der Waals surface area contributed by atoms with E-state index in [1.54, 1.807) is 17.5 Å². The third kappa shape index (κ3) is 3.57. The monoisotopic (exact) mass is 331 g/mol. The fourth-order valence-corrected chi connectivity index (χ4v) is 3.55. The maximum Gasteiger partial charge on any atom is 0.123 e. The van der Waals surface area contributed by atoms with Crippen LogP contribution in [-0.2, 0) is 13.0 Å². The molecule has 114 valence electrons. The lowest BCUT2D eigenvalue weighted by Crippen LogP contribution is -2.00. The van der Waals surface area contributed by atoms with E-state index >= 15 is 0 Å². The molecule has 22 heavy (non-hydrogen) atoms. The standard InChI is InChI=1S/C17H18ClN3S/c1-2-3-4-16-15(11-21-10-9-19-12-21)20-17(22-16)13-5-7-14(18)8-6-13/h5-10,12H,2-4,11H2,1H3. The Hall–Kier alpha value is -1.65. The van der Waals surface area contributed by atoms with E-state index in [-0.39, 0.29) is 0 Å². The molecular formula is C17H18ClN3S. The number of aromatic nitrogens is 3. The first-order valence-corrected chi connectivity index (χ1v) is 8.66. The maximum atomic E-state index is 5.97. The van der Waals surface area contributed by atoms with E-state index in [4.69, 9.17) is 16.6 Å². The Labute approximate surface area is 139 Å². The van der Waals surface area contributed by atoms with Gasteiger partial charge in [-0.15, -0.1) is 11.3 Å². The first kappa shape index (κ1) is 15.3. The molecule has 1 aromatic carbocycles. The number of rotatable bonds is 6. The van der Waals surface area contributed by atoms with E-state index in [1.165, 1.54) is 17.7 Å². The van der Waals surface area contributed by atoms with Gasteiger partial charge in [-0.05, 0) is 25.0 Å². The smallest absolute Gasteiger partial charge is 0.123 e. The van der Waals surface area contributed by atoms with Gasteiger partial charge in [-0.2, -0.15) is 0 Å². The fourth-order valence-electron chi connectivity index (χ4n) is 2.31. The minimum absolute atomic E-state index is 0.755. The average Bonchev–Trinajstić information content (AvgIpc) is 3.16. The number of imidazole rings is 1. The molecule has 0 aliphatic carbocycles. The summed E-state index contributed by atoms with van der Waals surface area (Å²) in [5.41, 5.74) is 2.28. The van der Waals surface area contributed by atoms with Crippen LogP contribution in [0, 0.1) is 0 Å². The molecule has 3 aromatic rings. The Kier molecular flexibility index (Phi) is 4.90. The molecule has 0 unspecified atom stereocenters. The summed E-state index contributed by atoms with van der Waals surface area (Å²) in [6, 6.07) is 7.90. The summed E-state index contributed by atoms with van der Waals surface area (Å²) in [6.45, 7) is 3.00. The third-order valence-corrected chi connectivity index (χ3v) is 4.98. The highest BCUT2D eigenvalue weighted by atomic mass is 35.5. The molecule has 0 bridgehead atoms. The molecule has 5 heteroatoms. The first-order chi connectivity index (χ1) is 10.8. The van der Waals surface area contributed by atoms with Gasteiger partial charge in [-0.25, -0.2) is 9.97 Å².